The summed E-state index contributed by atoms with van der Waals surface area (Å²) in [6.45, 7) is 15.4. The molecule has 1 aromatic carbocycles. The Hall–Kier alpha value is -1.95. The molecule has 1 atom stereocenters. The highest BCUT2D eigenvalue weighted by Crippen LogP contribution is 2.39. The van der Waals surface area contributed by atoms with Crippen molar-refractivity contribution in [2.24, 2.45) is 0 Å². The van der Waals surface area contributed by atoms with Gasteiger partial charge in [0.05, 0.1) is 22.7 Å². The van der Waals surface area contributed by atoms with Crippen LogP contribution >= 0.6 is 11.9 Å². The van der Waals surface area contributed by atoms with Crippen LogP contribution in [0.5, 0.6) is 0 Å². The molecule has 0 saturated heterocycles. The van der Waals surface area contributed by atoms with E-state index in [-0.39, 0.29) is 16.3 Å². The summed E-state index contributed by atoms with van der Waals surface area (Å²) in [7, 11) is -1.98. The van der Waals surface area contributed by atoms with Gasteiger partial charge in [0.25, 0.3) is 0 Å². The zero-order valence-corrected chi connectivity index (χ0v) is 23.5. The van der Waals surface area contributed by atoms with Crippen LogP contribution in [-0.2, 0) is 15.4 Å². The fourth-order valence-electron chi connectivity index (χ4n) is 3.38. The van der Waals surface area contributed by atoms with E-state index in [4.69, 9.17) is 4.43 Å². The van der Waals surface area contributed by atoms with Gasteiger partial charge in [0, 0.05) is 18.3 Å². The molecular weight excluding hydrogens is 510 g/mol. The number of carbonyl (C=O) groups is 1. The van der Waals surface area contributed by atoms with E-state index in [1.807, 2.05) is 13.8 Å². The Bertz CT molecular complexity index is 1040. The Balaban J connectivity index is 2.08. The first-order valence-electron chi connectivity index (χ1n) is 11.5. The van der Waals surface area contributed by atoms with E-state index in [2.05, 4.69) is 48.9 Å². The molecule has 5 nitrogen and oxygen atoms in total. The Morgan fingerprint density at radius 2 is 1.75 bits per heavy atom. The van der Waals surface area contributed by atoms with Crippen molar-refractivity contribution in [3.8, 4) is 0 Å². The first-order valence-corrected chi connectivity index (χ1v) is 15.4. The SMILES string of the molecule is CC(C)(CNCSNC(=O)C(c1cc(C(F)(F)F)ccn1)c1ccccc1F)O[Si](C)(C)C(C)(C)C. The summed E-state index contributed by atoms with van der Waals surface area (Å²) in [4.78, 5) is 17.0. The van der Waals surface area contributed by atoms with Crippen LogP contribution in [0.25, 0.3) is 0 Å². The van der Waals surface area contributed by atoms with Crippen LogP contribution < -0.4 is 10.0 Å². The average molecular weight is 546 g/mol. The van der Waals surface area contributed by atoms with Crippen molar-refractivity contribution in [1.29, 1.82) is 0 Å². The van der Waals surface area contributed by atoms with Gasteiger partial charge < -0.3 is 9.74 Å². The lowest BCUT2D eigenvalue weighted by Gasteiger charge is -2.42. The summed E-state index contributed by atoms with van der Waals surface area (Å²) in [6, 6.07) is 7.07. The lowest BCUT2D eigenvalue weighted by Crippen LogP contribution is -2.51. The van der Waals surface area contributed by atoms with E-state index < -0.39 is 43.3 Å². The van der Waals surface area contributed by atoms with Crippen LogP contribution in [0.4, 0.5) is 17.6 Å². The zero-order valence-electron chi connectivity index (χ0n) is 21.7. The fraction of sp³-hybridized carbons (Fsp3) is 0.520. The maximum atomic E-state index is 14.6. The number of rotatable bonds is 10. The summed E-state index contributed by atoms with van der Waals surface area (Å²) in [5.74, 6) is -2.41. The molecule has 0 fully saturated rings. The topological polar surface area (TPSA) is 63.2 Å². The molecule has 1 heterocycles. The summed E-state index contributed by atoms with van der Waals surface area (Å²) in [5.41, 5.74) is -1.64. The summed E-state index contributed by atoms with van der Waals surface area (Å²) < 4.78 is 63.4. The van der Waals surface area contributed by atoms with Gasteiger partial charge in [0.1, 0.15) is 11.7 Å². The molecule has 0 saturated carbocycles. The number of benzene rings is 1. The summed E-state index contributed by atoms with van der Waals surface area (Å²) >= 11 is 1.03. The van der Waals surface area contributed by atoms with Crippen LogP contribution in [0.3, 0.4) is 0 Å². The molecular formula is C25H35F4N3O2SSi. The van der Waals surface area contributed by atoms with Gasteiger partial charge in [-0.15, -0.1) is 0 Å². The second-order valence-electron chi connectivity index (χ2n) is 10.7. The molecule has 0 spiro atoms. The van der Waals surface area contributed by atoms with E-state index in [1.165, 1.54) is 18.2 Å². The van der Waals surface area contributed by atoms with Gasteiger partial charge >= 0.3 is 6.18 Å². The molecule has 2 N–H and O–H groups in total. The number of pyridine rings is 1. The van der Waals surface area contributed by atoms with Gasteiger partial charge in [-0.1, -0.05) is 39.0 Å². The average Bonchev–Trinajstić information content (AvgIpc) is 2.73. The van der Waals surface area contributed by atoms with Crippen LogP contribution in [0.15, 0.2) is 42.6 Å². The van der Waals surface area contributed by atoms with Gasteiger partial charge in [-0.05, 0) is 62.1 Å². The molecule has 11 heteroatoms. The van der Waals surface area contributed by atoms with E-state index in [0.29, 0.717) is 12.4 Å². The predicted molar refractivity (Wildman–Crippen MR) is 138 cm³/mol. The largest absolute Gasteiger partial charge is 0.416 e. The maximum absolute atomic E-state index is 14.6. The van der Waals surface area contributed by atoms with Gasteiger partial charge in [-0.3, -0.25) is 14.5 Å². The van der Waals surface area contributed by atoms with Crippen LogP contribution in [0.1, 0.15) is 57.4 Å². The van der Waals surface area contributed by atoms with Gasteiger partial charge in [-0.2, -0.15) is 13.2 Å². The summed E-state index contributed by atoms with van der Waals surface area (Å²) in [6.07, 6.45) is -3.65. The normalized spacial score (nSPS) is 14.0. The third kappa shape index (κ3) is 8.29. The molecule has 2 aromatic rings. The number of alkyl halides is 3. The Morgan fingerprint density at radius 3 is 2.33 bits per heavy atom. The summed E-state index contributed by atoms with van der Waals surface area (Å²) in [5, 5.41) is 3.28. The van der Waals surface area contributed by atoms with Crippen molar-refractivity contribution in [1.82, 2.24) is 15.0 Å². The highest BCUT2D eigenvalue weighted by atomic mass is 32.2. The number of amides is 1. The monoisotopic (exact) mass is 545 g/mol. The van der Waals surface area contributed by atoms with E-state index in [9.17, 15) is 22.4 Å². The van der Waals surface area contributed by atoms with Crippen molar-refractivity contribution in [3.05, 3.63) is 65.2 Å². The van der Waals surface area contributed by atoms with Gasteiger partial charge in [0.2, 0.25) is 5.91 Å². The molecule has 200 valence electrons. The Labute approximate surface area is 216 Å². The first-order chi connectivity index (χ1) is 16.4. The number of aromatic nitrogens is 1. The standard InChI is InChI=1S/C25H35F4N3O2SSi/c1-23(2,3)36(6,7)34-24(4,5)15-30-16-35-32-22(33)21(18-10-8-9-11-19(18)26)20-14-17(12-13-31-20)25(27,28)29/h8-14,21,30H,15-16H2,1-7H3,(H,32,33). The molecule has 1 unspecified atom stereocenters. The molecule has 0 radical (unpaired) electrons. The van der Waals surface area contributed by atoms with Crippen molar-refractivity contribution in [2.45, 2.75) is 70.4 Å². The Morgan fingerprint density at radius 1 is 1.11 bits per heavy atom. The van der Waals surface area contributed by atoms with Crippen molar-refractivity contribution < 1.29 is 26.8 Å². The lowest BCUT2D eigenvalue weighted by molar-refractivity contribution is -0.137. The van der Waals surface area contributed by atoms with E-state index in [0.717, 1.165) is 36.3 Å². The predicted octanol–water partition coefficient (Wildman–Crippen LogP) is 6.48. The molecule has 0 aliphatic carbocycles. The van der Waals surface area contributed by atoms with Crippen LogP contribution in [-0.4, -0.2) is 37.2 Å². The number of nitrogens with one attached hydrogen (secondary N) is 2. The maximum Gasteiger partial charge on any atom is 0.416 e. The number of halogens is 4. The van der Waals surface area contributed by atoms with Crippen LogP contribution in [0, 0.1) is 5.82 Å². The molecule has 1 aromatic heterocycles. The van der Waals surface area contributed by atoms with Crippen molar-refractivity contribution in [3.63, 3.8) is 0 Å². The van der Waals surface area contributed by atoms with Crippen molar-refractivity contribution in [2.75, 3.05) is 12.4 Å². The third-order valence-corrected chi connectivity index (χ3v) is 11.5. The quantitative estimate of drug-likeness (QED) is 0.118. The minimum Gasteiger partial charge on any atom is -0.411 e. The van der Waals surface area contributed by atoms with E-state index in [1.54, 1.807) is 0 Å². The smallest absolute Gasteiger partial charge is 0.411 e. The number of carbonyl (C=O) groups excluding carboxylic acids is 1. The van der Waals surface area contributed by atoms with E-state index >= 15 is 0 Å². The number of nitrogens with zero attached hydrogens (tertiary/aromatic N) is 1. The zero-order chi connectivity index (χ0) is 27.4. The number of hydrogen-bond acceptors (Lipinski definition) is 5. The van der Waals surface area contributed by atoms with Gasteiger partial charge in [-0.25, -0.2) is 4.39 Å². The third-order valence-electron chi connectivity index (χ3n) is 6.12. The van der Waals surface area contributed by atoms with Crippen molar-refractivity contribution >= 4 is 26.2 Å². The minimum atomic E-state index is -4.62. The van der Waals surface area contributed by atoms with Crippen LogP contribution in [0.2, 0.25) is 18.1 Å². The Kier molecular flexibility index (Phi) is 9.77. The lowest BCUT2D eigenvalue weighted by atomic mass is 9.93. The fourth-order valence-corrected chi connectivity index (χ4v) is 5.67. The second-order valence-corrected chi connectivity index (χ2v) is 16.2. The minimum absolute atomic E-state index is 0.0562. The molecule has 2 rings (SSSR count). The molecule has 36 heavy (non-hydrogen) atoms. The highest BCUT2D eigenvalue weighted by molar-refractivity contribution is 7.97. The molecule has 0 aliphatic rings. The number of hydrogen-bond donors (Lipinski definition) is 2. The molecule has 1 amide bonds. The second kappa shape index (κ2) is 11.6. The first kappa shape index (κ1) is 30.3. The molecule has 0 bridgehead atoms. The highest BCUT2D eigenvalue weighted by Gasteiger charge is 2.41. The molecule has 0 aliphatic heterocycles. The van der Waals surface area contributed by atoms with Gasteiger partial charge in [0.15, 0.2) is 8.32 Å².